The lowest BCUT2D eigenvalue weighted by Crippen LogP contribution is -2.33. The highest BCUT2D eigenvalue weighted by molar-refractivity contribution is 5.74. The molecule has 1 atom stereocenters. The fraction of sp³-hybridized carbons (Fsp3) is 0.438. The zero-order chi connectivity index (χ0) is 14.6. The summed E-state index contributed by atoms with van der Waals surface area (Å²) in [5.74, 6) is -4.88. The maximum Gasteiger partial charge on any atom is 0.306 e. The van der Waals surface area contributed by atoms with Gasteiger partial charge in [-0.1, -0.05) is 30.7 Å². The van der Waals surface area contributed by atoms with Crippen molar-refractivity contribution in [3.05, 3.63) is 47.2 Å². The highest BCUT2D eigenvalue weighted by Gasteiger charge is 2.43. The van der Waals surface area contributed by atoms with Crippen LogP contribution >= 0.6 is 0 Å². The van der Waals surface area contributed by atoms with E-state index in [9.17, 15) is 18.7 Å². The van der Waals surface area contributed by atoms with Crippen molar-refractivity contribution in [2.45, 2.75) is 38.0 Å². The first kappa shape index (κ1) is 14.7. The van der Waals surface area contributed by atoms with E-state index in [1.54, 1.807) is 24.3 Å². The standard InChI is InChI=1S/C16H18F2O2/c17-16(18)14(4-2-1-3-5-15(16)20)10-12-6-8-13(11-19)9-7-12/h5-9,11,14,20H,1-4,10H2/b15-5+. The van der Waals surface area contributed by atoms with Crippen molar-refractivity contribution >= 4 is 6.29 Å². The maximum atomic E-state index is 14.2. The lowest BCUT2D eigenvalue weighted by molar-refractivity contribution is -0.0600. The summed E-state index contributed by atoms with van der Waals surface area (Å²) < 4.78 is 28.3. The highest BCUT2D eigenvalue weighted by Crippen LogP contribution is 2.38. The molecule has 0 saturated heterocycles. The van der Waals surface area contributed by atoms with Crippen LogP contribution < -0.4 is 0 Å². The van der Waals surface area contributed by atoms with Crippen molar-refractivity contribution in [3.8, 4) is 0 Å². The molecule has 0 spiro atoms. The van der Waals surface area contributed by atoms with Crippen LogP contribution in [0, 0.1) is 5.92 Å². The molecule has 1 aliphatic rings. The number of halogens is 2. The number of carbonyl (C=O) groups is 1. The molecule has 0 fully saturated rings. The minimum atomic E-state index is -3.18. The Hall–Kier alpha value is -1.71. The molecule has 1 unspecified atom stereocenters. The number of aliphatic hydroxyl groups is 1. The number of allylic oxidation sites excluding steroid dienone is 2. The van der Waals surface area contributed by atoms with E-state index in [1.165, 1.54) is 6.08 Å². The van der Waals surface area contributed by atoms with Crippen molar-refractivity contribution in [3.63, 3.8) is 0 Å². The normalized spacial score (nSPS) is 25.1. The Labute approximate surface area is 117 Å². The third kappa shape index (κ3) is 3.24. The van der Waals surface area contributed by atoms with Crippen molar-refractivity contribution < 1.29 is 18.7 Å². The van der Waals surface area contributed by atoms with E-state index in [1.807, 2.05) is 0 Å². The third-order valence-electron chi connectivity index (χ3n) is 3.80. The molecule has 1 N–H and O–H groups in total. The Balaban J connectivity index is 2.17. The first-order valence-corrected chi connectivity index (χ1v) is 6.85. The zero-order valence-corrected chi connectivity index (χ0v) is 11.2. The van der Waals surface area contributed by atoms with Gasteiger partial charge in [0.2, 0.25) is 0 Å². The second kappa shape index (κ2) is 6.16. The lowest BCUT2D eigenvalue weighted by atomic mass is 9.85. The summed E-state index contributed by atoms with van der Waals surface area (Å²) in [5, 5.41) is 9.54. The SMILES string of the molecule is O=Cc1ccc(CC2CCCC/C=C(/O)C2(F)F)cc1. The molecule has 2 rings (SSSR count). The summed E-state index contributed by atoms with van der Waals surface area (Å²) in [4.78, 5) is 10.6. The van der Waals surface area contributed by atoms with Gasteiger partial charge in [-0.05, 0) is 37.3 Å². The van der Waals surface area contributed by atoms with E-state index in [0.717, 1.165) is 24.7 Å². The highest BCUT2D eigenvalue weighted by atomic mass is 19.3. The van der Waals surface area contributed by atoms with Crippen LogP contribution in [0.3, 0.4) is 0 Å². The summed E-state index contributed by atoms with van der Waals surface area (Å²) >= 11 is 0. The van der Waals surface area contributed by atoms with Crippen molar-refractivity contribution in [2.75, 3.05) is 0 Å². The first-order valence-electron chi connectivity index (χ1n) is 6.85. The lowest BCUT2D eigenvalue weighted by Gasteiger charge is -2.28. The van der Waals surface area contributed by atoms with Crippen LogP contribution in [0.25, 0.3) is 0 Å². The molecule has 1 aromatic rings. The van der Waals surface area contributed by atoms with Gasteiger partial charge in [0.25, 0.3) is 0 Å². The summed E-state index contributed by atoms with van der Waals surface area (Å²) in [7, 11) is 0. The molecule has 0 aromatic heterocycles. The van der Waals surface area contributed by atoms with Gasteiger partial charge in [-0.2, -0.15) is 8.78 Å². The second-order valence-corrected chi connectivity index (χ2v) is 5.26. The topological polar surface area (TPSA) is 37.3 Å². The number of hydrogen-bond donors (Lipinski definition) is 1. The van der Waals surface area contributed by atoms with Gasteiger partial charge < -0.3 is 5.11 Å². The number of aliphatic hydroxyl groups excluding tert-OH is 1. The minimum absolute atomic E-state index is 0.198. The molecular formula is C16H18F2O2. The number of aldehydes is 1. The minimum Gasteiger partial charge on any atom is -0.506 e. The van der Waals surface area contributed by atoms with Gasteiger partial charge >= 0.3 is 5.92 Å². The van der Waals surface area contributed by atoms with Gasteiger partial charge in [-0.25, -0.2) is 0 Å². The predicted molar refractivity (Wildman–Crippen MR) is 73.2 cm³/mol. The van der Waals surface area contributed by atoms with Crippen LogP contribution in [-0.4, -0.2) is 17.3 Å². The molecule has 0 radical (unpaired) electrons. The van der Waals surface area contributed by atoms with Gasteiger partial charge in [-0.3, -0.25) is 4.79 Å². The molecule has 0 aliphatic heterocycles. The quantitative estimate of drug-likeness (QED) is 0.838. The van der Waals surface area contributed by atoms with Crippen molar-refractivity contribution in [1.82, 2.24) is 0 Å². The summed E-state index contributed by atoms with van der Waals surface area (Å²) in [6, 6.07) is 6.64. The number of hydrogen-bond acceptors (Lipinski definition) is 2. The van der Waals surface area contributed by atoms with E-state index in [-0.39, 0.29) is 6.42 Å². The Morgan fingerprint density at radius 1 is 1.25 bits per heavy atom. The molecule has 0 saturated carbocycles. The van der Waals surface area contributed by atoms with E-state index < -0.39 is 17.6 Å². The summed E-state index contributed by atoms with van der Waals surface area (Å²) in [6.07, 6.45) is 4.61. The third-order valence-corrected chi connectivity index (χ3v) is 3.80. The average Bonchev–Trinajstić information content (AvgIpc) is 2.45. The maximum absolute atomic E-state index is 14.2. The predicted octanol–water partition coefficient (Wildman–Crippen LogP) is 4.31. The van der Waals surface area contributed by atoms with E-state index in [2.05, 4.69) is 0 Å². The molecule has 20 heavy (non-hydrogen) atoms. The Morgan fingerprint density at radius 3 is 2.60 bits per heavy atom. The molecule has 108 valence electrons. The van der Waals surface area contributed by atoms with E-state index >= 15 is 0 Å². The Morgan fingerprint density at radius 2 is 1.95 bits per heavy atom. The van der Waals surface area contributed by atoms with Gasteiger partial charge in [-0.15, -0.1) is 0 Å². The molecule has 0 heterocycles. The van der Waals surface area contributed by atoms with Crippen LogP contribution in [0.2, 0.25) is 0 Å². The van der Waals surface area contributed by atoms with Crippen LogP contribution in [0.5, 0.6) is 0 Å². The number of alkyl halides is 2. The van der Waals surface area contributed by atoms with Gasteiger partial charge in [0.15, 0.2) is 5.76 Å². The Bertz CT molecular complexity index is 492. The van der Waals surface area contributed by atoms with Crippen LogP contribution in [-0.2, 0) is 6.42 Å². The smallest absolute Gasteiger partial charge is 0.306 e. The number of rotatable bonds is 3. The number of benzene rings is 1. The molecule has 1 aromatic carbocycles. The molecule has 0 bridgehead atoms. The summed E-state index contributed by atoms with van der Waals surface area (Å²) in [6.45, 7) is 0. The van der Waals surface area contributed by atoms with Crippen LogP contribution in [0.1, 0.15) is 41.6 Å². The molecular weight excluding hydrogens is 262 g/mol. The van der Waals surface area contributed by atoms with Gasteiger partial charge in [0, 0.05) is 11.5 Å². The van der Waals surface area contributed by atoms with Gasteiger partial charge in [0.1, 0.15) is 6.29 Å². The average molecular weight is 280 g/mol. The molecule has 1 aliphatic carbocycles. The first-order chi connectivity index (χ1) is 9.54. The fourth-order valence-electron chi connectivity index (χ4n) is 2.55. The second-order valence-electron chi connectivity index (χ2n) is 5.26. The van der Waals surface area contributed by atoms with Crippen molar-refractivity contribution in [2.24, 2.45) is 5.92 Å². The Kier molecular flexibility index (Phi) is 4.53. The van der Waals surface area contributed by atoms with Crippen LogP contribution in [0.4, 0.5) is 8.78 Å². The van der Waals surface area contributed by atoms with Crippen molar-refractivity contribution in [1.29, 1.82) is 0 Å². The zero-order valence-electron chi connectivity index (χ0n) is 11.2. The molecule has 4 heteroatoms. The molecule has 2 nitrogen and oxygen atoms in total. The monoisotopic (exact) mass is 280 g/mol. The molecule has 0 amide bonds. The van der Waals surface area contributed by atoms with E-state index in [0.29, 0.717) is 18.4 Å². The van der Waals surface area contributed by atoms with Crippen LogP contribution in [0.15, 0.2) is 36.1 Å². The van der Waals surface area contributed by atoms with Gasteiger partial charge in [0.05, 0.1) is 0 Å². The number of carbonyl (C=O) groups excluding carboxylic acids is 1. The van der Waals surface area contributed by atoms with E-state index in [4.69, 9.17) is 0 Å². The summed E-state index contributed by atoms with van der Waals surface area (Å²) in [5.41, 5.74) is 1.29. The largest absolute Gasteiger partial charge is 0.506 e. The fourth-order valence-corrected chi connectivity index (χ4v) is 2.55.